The smallest absolute Gasteiger partial charge is 0.305 e. The molecule has 0 rings (SSSR count). The Morgan fingerprint density at radius 2 is 0.768 bits per heavy atom. The van der Waals surface area contributed by atoms with Crippen molar-refractivity contribution in [2.24, 2.45) is 11.8 Å². The van der Waals surface area contributed by atoms with Gasteiger partial charge >= 0.3 is 11.9 Å². The number of amides is 2. The van der Waals surface area contributed by atoms with Gasteiger partial charge in [-0.15, -0.1) is 0 Å². The van der Waals surface area contributed by atoms with Crippen LogP contribution in [-0.2, 0) is 28.7 Å². The summed E-state index contributed by atoms with van der Waals surface area (Å²) < 4.78 is 11.5. The van der Waals surface area contributed by atoms with E-state index in [2.05, 4.69) is 58.7 Å². The molecule has 9 heteroatoms. The van der Waals surface area contributed by atoms with E-state index < -0.39 is 6.04 Å². The van der Waals surface area contributed by atoms with Crippen LogP contribution in [0, 0.1) is 11.8 Å². The highest BCUT2D eigenvalue weighted by atomic mass is 16.5. The van der Waals surface area contributed by atoms with Crippen LogP contribution < -0.4 is 5.32 Å². The maximum Gasteiger partial charge on any atom is 0.305 e. The Bertz CT molecular complexity index is 1160. The largest absolute Gasteiger partial charge is 0.465 e. The fourth-order valence-electron chi connectivity index (χ4n) is 9.70. The Morgan fingerprint density at radius 3 is 1.25 bits per heavy atom. The highest BCUT2D eigenvalue weighted by molar-refractivity contribution is 5.87. The Morgan fingerprint density at radius 1 is 0.391 bits per heavy atom. The molecular formula is C60H117N3O6. The Labute approximate surface area is 428 Å². The number of hydrogen-bond acceptors (Lipinski definition) is 7. The summed E-state index contributed by atoms with van der Waals surface area (Å²) >= 11 is 0. The number of nitrogens with one attached hydrogen (secondary N) is 1. The second kappa shape index (κ2) is 50.8. The van der Waals surface area contributed by atoms with E-state index in [0.717, 1.165) is 135 Å². The van der Waals surface area contributed by atoms with E-state index in [9.17, 15) is 19.2 Å². The summed E-state index contributed by atoms with van der Waals surface area (Å²) in [5.41, 5.74) is 0. The summed E-state index contributed by atoms with van der Waals surface area (Å²) in [5.74, 6) is 0.983. The van der Waals surface area contributed by atoms with Crippen LogP contribution in [-0.4, -0.2) is 85.5 Å². The molecule has 2 amide bonds. The van der Waals surface area contributed by atoms with Crippen LogP contribution in [0.1, 0.15) is 299 Å². The molecule has 0 aromatic carbocycles. The van der Waals surface area contributed by atoms with E-state index >= 15 is 0 Å². The molecule has 0 aromatic heterocycles. The first-order valence-electron chi connectivity index (χ1n) is 30.3. The quantitative estimate of drug-likeness (QED) is 0.0478. The minimum atomic E-state index is -0.447. The van der Waals surface area contributed by atoms with Crippen molar-refractivity contribution in [2.45, 2.75) is 305 Å². The molecule has 1 N–H and O–H groups in total. The molecule has 0 heterocycles. The molecule has 0 aliphatic rings. The van der Waals surface area contributed by atoms with Crippen LogP contribution in [0.5, 0.6) is 0 Å². The fourth-order valence-corrected chi connectivity index (χ4v) is 9.70. The summed E-state index contributed by atoms with van der Waals surface area (Å²) in [4.78, 5) is 57.9. The van der Waals surface area contributed by atoms with Gasteiger partial charge in [0.25, 0.3) is 0 Å². The van der Waals surface area contributed by atoms with Crippen molar-refractivity contribution in [3.63, 3.8) is 0 Å². The number of carbonyl (C=O) groups is 4. The third-order valence-electron chi connectivity index (χ3n) is 14.6. The minimum Gasteiger partial charge on any atom is -0.465 e. The van der Waals surface area contributed by atoms with Crippen LogP contribution in [0.25, 0.3) is 0 Å². The van der Waals surface area contributed by atoms with Gasteiger partial charge in [0.2, 0.25) is 11.8 Å². The number of carbonyl (C=O) groups excluding carboxylic acids is 4. The molecule has 69 heavy (non-hydrogen) atoms. The second-order valence-electron chi connectivity index (χ2n) is 20.9. The monoisotopic (exact) mass is 976 g/mol. The molecule has 0 aromatic rings. The predicted octanol–water partition coefficient (Wildman–Crippen LogP) is 16.3. The van der Waals surface area contributed by atoms with Crippen LogP contribution >= 0.6 is 0 Å². The zero-order valence-electron chi connectivity index (χ0n) is 47.1. The van der Waals surface area contributed by atoms with Crippen molar-refractivity contribution in [1.29, 1.82) is 0 Å². The number of rotatable bonds is 53. The lowest BCUT2D eigenvalue weighted by atomic mass is 9.96. The average Bonchev–Trinajstić information content (AvgIpc) is 3.35. The number of unbranched alkanes of at least 4 members (excludes halogenated alkanes) is 23. The van der Waals surface area contributed by atoms with Gasteiger partial charge in [-0.1, -0.05) is 209 Å². The van der Waals surface area contributed by atoms with Crippen LogP contribution in [0.2, 0.25) is 0 Å². The standard InChI is InChI=1S/C60H117N3O6/c1-8-15-20-23-31-38-49-61-60(67)56(45-34-27-24-25-29-36-47-58(65)68-52-54(41-18-11-4)43-32-21-16-9-2)63(51-40-39-50-62(13-6)14-7)57(64)46-35-28-26-30-37-48-59(66)69-53-55(42-19-12-5)44-33-22-17-10-3/h54-56H,8-53H2,1-7H3,(H,61,67). The van der Waals surface area contributed by atoms with Crippen molar-refractivity contribution in [1.82, 2.24) is 15.1 Å². The number of esters is 2. The lowest BCUT2D eigenvalue weighted by Gasteiger charge is -2.32. The Balaban J connectivity index is 5.29. The number of ether oxygens (including phenoxy) is 2. The third kappa shape index (κ3) is 41.1. The fraction of sp³-hybridized carbons (Fsp3) is 0.933. The lowest BCUT2D eigenvalue weighted by Crippen LogP contribution is -2.50. The van der Waals surface area contributed by atoms with E-state index in [0.29, 0.717) is 63.8 Å². The summed E-state index contributed by atoms with van der Waals surface area (Å²) in [6.45, 7) is 21.0. The van der Waals surface area contributed by atoms with Gasteiger partial charge in [0.15, 0.2) is 0 Å². The Hall–Kier alpha value is -2.16. The SMILES string of the molecule is CCCCCCCCNC(=O)C(CCCCCCCCC(=O)OCC(CCCC)CCCCCC)N(CCCCN(CC)CC)C(=O)CCCCCCCC(=O)OCC(CCCC)CCCCCC. The lowest BCUT2D eigenvalue weighted by molar-refractivity contribution is -0.146. The van der Waals surface area contributed by atoms with Gasteiger partial charge in [-0.3, -0.25) is 19.2 Å². The molecule has 0 saturated carbocycles. The van der Waals surface area contributed by atoms with Crippen molar-refractivity contribution >= 4 is 23.8 Å². The van der Waals surface area contributed by atoms with Crippen molar-refractivity contribution in [3.8, 4) is 0 Å². The van der Waals surface area contributed by atoms with Gasteiger partial charge in [0, 0.05) is 32.4 Å². The van der Waals surface area contributed by atoms with Gasteiger partial charge in [-0.25, -0.2) is 0 Å². The van der Waals surface area contributed by atoms with E-state index in [1.54, 1.807) is 0 Å². The van der Waals surface area contributed by atoms with E-state index in [4.69, 9.17) is 9.47 Å². The zero-order valence-corrected chi connectivity index (χ0v) is 47.1. The minimum absolute atomic E-state index is 0.0112. The van der Waals surface area contributed by atoms with Crippen molar-refractivity contribution < 1.29 is 28.7 Å². The van der Waals surface area contributed by atoms with Gasteiger partial charge in [-0.05, 0) is 102 Å². The van der Waals surface area contributed by atoms with Crippen molar-refractivity contribution in [3.05, 3.63) is 0 Å². The van der Waals surface area contributed by atoms with Crippen LogP contribution in [0.3, 0.4) is 0 Å². The molecule has 0 spiro atoms. The molecule has 9 nitrogen and oxygen atoms in total. The number of hydrogen-bond donors (Lipinski definition) is 1. The molecule has 0 fully saturated rings. The van der Waals surface area contributed by atoms with Gasteiger partial charge in [0.1, 0.15) is 6.04 Å². The molecule has 0 bridgehead atoms. The van der Waals surface area contributed by atoms with E-state index in [1.807, 2.05) is 4.90 Å². The molecule has 0 radical (unpaired) electrons. The normalized spacial score (nSPS) is 12.8. The van der Waals surface area contributed by atoms with E-state index in [-0.39, 0.29) is 23.8 Å². The summed E-state index contributed by atoms with van der Waals surface area (Å²) in [6, 6.07) is -0.447. The molecule has 0 saturated heterocycles. The average molecular weight is 977 g/mol. The van der Waals surface area contributed by atoms with Gasteiger partial charge < -0.3 is 24.6 Å². The Kier molecular flexibility index (Phi) is 49.2. The first-order valence-corrected chi connectivity index (χ1v) is 30.3. The highest BCUT2D eigenvalue weighted by Gasteiger charge is 2.29. The van der Waals surface area contributed by atoms with Gasteiger partial charge in [-0.2, -0.15) is 0 Å². The third-order valence-corrected chi connectivity index (χ3v) is 14.6. The van der Waals surface area contributed by atoms with Crippen LogP contribution in [0.15, 0.2) is 0 Å². The summed E-state index contributed by atoms with van der Waals surface area (Å²) in [5, 5.41) is 3.27. The number of nitrogens with zero attached hydrogens (tertiary/aromatic N) is 2. The highest BCUT2D eigenvalue weighted by Crippen LogP contribution is 2.22. The van der Waals surface area contributed by atoms with Crippen molar-refractivity contribution in [2.75, 3.05) is 45.9 Å². The predicted molar refractivity (Wildman–Crippen MR) is 294 cm³/mol. The molecule has 0 aliphatic heterocycles. The van der Waals surface area contributed by atoms with E-state index in [1.165, 1.54) is 109 Å². The zero-order chi connectivity index (χ0) is 50.8. The summed E-state index contributed by atoms with van der Waals surface area (Å²) in [6.07, 6.45) is 40.9. The maximum absolute atomic E-state index is 14.2. The topological polar surface area (TPSA) is 105 Å². The second-order valence-corrected chi connectivity index (χ2v) is 20.9. The summed E-state index contributed by atoms with van der Waals surface area (Å²) in [7, 11) is 0. The molecule has 3 unspecified atom stereocenters. The molecule has 0 aliphatic carbocycles. The first kappa shape index (κ1) is 66.8. The molecular weight excluding hydrogens is 859 g/mol. The first-order chi connectivity index (χ1) is 33.7. The maximum atomic E-state index is 14.2. The molecule has 3 atom stereocenters. The molecule has 408 valence electrons. The van der Waals surface area contributed by atoms with Crippen LogP contribution in [0.4, 0.5) is 0 Å². The van der Waals surface area contributed by atoms with Gasteiger partial charge in [0.05, 0.1) is 13.2 Å².